The lowest BCUT2D eigenvalue weighted by Crippen LogP contribution is -2.33. The van der Waals surface area contributed by atoms with Crippen LogP contribution < -0.4 is 0 Å². The molecule has 0 bridgehead atoms. The van der Waals surface area contributed by atoms with Crippen LogP contribution in [0.25, 0.3) is 0 Å². The molecule has 4 nitrogen and oxygen atoms in total. The van der Waals surface area contributed by atoms with Crippen molar-refractivity contribution >= 4 is 5.91 Å². The standard InChI is InChI=1S/C19H25N3O/c1-15-20-12-14-22(15)13-6-11-19(23)21(2)18-10-5-8-16-7-3-4-9-17(16)18/h3-4,7,9,12,14,18H,5-6,8,10-11,13H2,1-2H3/t18-/m1/s1. The predicted octanol–water partition coefficient (Wildman–Crippen LogP) is 3.51. The third kappa shape index (κ3) is 3.46. The highest BCUT2D eigenvalue weighted by molar-refractivity contribution is 5.76. The van der Waals surface area contributed by atoms with Crippen molar-refractivity contribution in [3.8, 4) is 0 Å². The Kier molecular flexibility index (Phi) is 4.79. The van der Waals surface area contributed by atoms with Crippen LogP contribution in [0.5, 0.6) is 0 Å². The molecule has 1 heterocycles. The fourth-order valence-corrected chi connectivity index (χ4v) is 3.52. The number of fused-ring (bicyclic) bond motifs is 1. The summed E-state index contributed by atoms with van der Waals surface area (Å²) < 4.78 is 2.10. The minimum atomic E-state index is 0.238. The number of carbonyl (C=O) groups is 1. The van der Waals surface area contributed by atoms with Crippen molar-refractivity contribution in [2.24, 2.45) is 0 Å². The number of aromatic nitrogens is 2. The zero-order chi connectivity index (χ0) is 16.2. The van der Waals surface area contributed by atoms with E-state index in [9.17, 15) is 4.79 Å². The molecule has 3 rings (SSSR count). The van der Waals surface area contributed by atoms with Gasteiger partial charge in [0.15, 0.2) is 0 Å². The maximum absolute atomic E-state index is 12.6. The Labute approximate surface area is 138 Å². The van der Waals surface area contributed by atoms with Crippen LogP contribution in [-0.4, -0.2) is 27.4 Å². The van der Waals surface area contributed by atoms with Crippen LogP contribution in [-0.2, 0) is 17.8 Å². The first kappa shape index (κ1) is 15.8. The van der Waals surface area contributed by atoms with Gasteiger partial charge in [-0.05, 0) is 43.7 Å². The zero-order valence-corrected chi connectivity index (χ0v) is 14.0. The minimum absolute atomic E-state index is 0.238. The van der Waals surface area contributed by atoms with Gasteiger partial charge in [-0.25, -0.2) is 4.98 Å². The highest BCUT2D eigenvalue weighted by Gasteiger charge is 2.26. The van der Waals surface area contributed by atoms with E-state index in [1.165, 1.54) is 11.1 Å². The second-order valence-electron chi connectivity index (χ2n) is 6.38. The summed E-state index contributed by atoms with van der Waals surface area (Å²) in [5.41, 5.74) is 2.73. The summed E-state index contributed by atoms with van der Waals surface area (Å²) in [5.74, 6) is 1.25. The molecule has 0 saturated carbocycles. The predicted molar refractivity (Wildman–Crippen MR) is 91.1 cm³/mol. The lowest BCUT2D eigenvalue weighted by atomic mass is 9.87. The molecular formula is C19H25N3O. The first-order valence-electron chi connectivity index (χ1n) is 8.48. The van der Waals surface area contributed by atoms with Crippen LogP contribution in [0.15, 0.2) is 36.7 Å². The van der Waals surface area contributed by atoms with E-state index in [0.29, 0.717) is 6.42 Å². The molecule has 4 heteroatoms. The smallest absolute Gasteiger partial charge is 0.222 e. The number of hydrogen-bond acceptors (Lipinski definition) is 2. The van der Waals surface area contributed by atoms with E-state index in [-0.39, 0.29) is 11.9 Å². The van der Waals surface area contributed by atoms with E-state index in [4.69, 9.17) is 0 Å². The summed E-state index contributed by atoms with van der Waals surface area (Å²) in [5, 5.41) is 0. The fourth-order valence-electron chi connectivity index (χ4n) is 3.52. The van der Waals surface area contributed by atoms with Gasteiger partial charge in [0, 0.05) is 32.4 Å². The maximum atomic E-state index is 12.6. The van der Waals surface area contributed by atoms with Crippen molar-refractivity contribution in [2.75, 3.05) is 7.05 Å². The highest BCUT2D eigenvalue weighted by Crippen LogP contribution is 2.33. The normalized spacial score (nSPS) is 16.9. The molecule has 0 N–H and O–H groups in total. The van der Waals surface area contributed by atoms with E-state index in [1.807, 2.05) is 31.3 Å². The van der Waals surface area contributed by atoms with Gasteiger partial charge < -0.3 is 9.47 Å². The monoisotopic (exact) mass is 311 g/mol. The molecule has 0 saturated heterocycles. The molecule has 122 valence electrons. The van der Waals surface area contributed by atoms with Crippen molar-refractivity contribution in [1.29, 1.82) is 0 Å². The largest absolute Gasteiger partial charge is 0.339 e. The molecule has 1 aromatic heterocycles. The van der Waals surface area contributed by atoms with E-state index in [0.717, 1.165) is 38.1 Å². The number of benzene rings is 1. The summed E-state index contributed by atoms with van der Waals surface area (Å²) in [6, 6.07) is 8.79. The molecular weight excluding hydrogens is 286 g/mol. The maximum Gasteiger partial charge on any atom is 0.222 e. The molecule has 0 aliphatic heterocycles. The van der Waals surface area contributed by atoms with Crippen LogP contribution in [0.2, 0.25) is 0 Å². The molecule has 0 spiro atoms. The first-order valence-corrected chi connectivity index (χ1v) is 8.48. The molecule has 0 fully saturated rings. The molecule has 0 radical (unpaired) electrons. The van der Waals surface area contributed by atoms with Crippen molar-refractivity contribution in [3.63, 3.8) is 0 Å². The van der Waals surface area contributed by atoms with Gasteiger partial charge in [0.1, 0.15) is 5.82 Å². The third-order valence-corrected chi connectivity index (χ3v) is 4.91. The number of imidazole rings is 1. The lowest BCUT2D eigenvalue weighted by Gasteiger charge is -2.33. The topological polar surface area (TPSA) is 38.1 Å². The van der Waals surface area contributed by atoms with Gasteiger partial charge in [0.25, 0.3) is 0 Å². The Morgan fingerprint density at radius 3 is 3.00 bits per heavy atom. The third-order valence-electron chi connectivity index (χ3n) is 4.91. The molecule has 23 heavy (non-hydrogen) atoms. The van der Waals surface area contributed by atoms with Crippen molar-refractivity contribution in [3.05, 3.63) is 53.6 Å². The van der Waals surface area contributed by atoms with E-state index in [2.05, 4.69) is 33.8 Å². The van der Waals surface area contributed by atoms with Gasteiger partial charge in [-0.3, -0.25) is 4.79 Å². The SMILES string of the molecule is Cc1nccn1CCCC(=O)N(C)[C@@H]1CCCc2ccccc21. The number of hydrogen-bond donors (Lipinski definition) is 0. The van der Waals surface area contributed by atoms with Crippen LogP contribution in [0, 0.1) is 6.92 Å². The summed E-state index contributed by atoms with van der Waals surface area (Å²) in [4.78, 5) is 18.7. The second-order valence-corrected chi connectivity index (χ2v) is 6.38. The van der Waals surface area contributed by atoms with E-state index < -0.39 is 0 Å². The van der Waals surface area contributed by atoms with Crippen LogP contribution in [0.3, 0.4) is 0 Å². The number of rotatable bonds is 5. The van der Waals surface area contributed by atoms with Crippen LogP contribution in [0.4, 0.5) is 0 Å². The van der Waals surface area contributed by atoms with Crippen LogP contribution in [0.1, 0.15) is 48.7 Å². The van der Waals surface area contributed by atoms with Gasteiger partial charge in [0.2, 0.25) is 5.91 Å². The molecule has 1 atom stereocenters. The van der Waals surface area contributed by atoms with Crippen molar-refractivity contribution in [1.82, 2.24) is 14.5 Å². The Bertz CT molecular complexity index is 677. The Hall–Kier alpha value is -2.10. The van der Waals surface area contributed by atoms with Gasteiger partial charge in [-0.15, -0.1) is 0 Å². The average Bonchev–Trinajstić information content (AvgIpc) is 2.98. The molecule has 0 unspecified atom stereocenters. The van der Waals surface area contributed by atoms with E-state index in [1.54, 1.807) is 0 Å². The number of aryl methyl sites for hydroxylation is 3. The quantitative estimate of drug-likeness (QED) is 0.847. The van der Waals surface area contributed by atoms with E-state index >= 15 is 0 Å². The molecule has 1 aliphatic carbocycles. The molecule has 1 aliphatic rings. The van der Waals surface area contributed by atoms with Gasteiger partial charge in [-0.1, -0.05) is 24.3 Å². The summed E-state index contributed by atoms with van der Waals surface area (Å²) >= 11 is 0. The molecule has 2 aromatic rings. The number of nitrogens with zero attached hydrogens (tertiary/aromatic N) is 3. The Morgan fingerprint density at radius 2 is 2.22 bits per heavy atom. The van der Waals surface area contributed by atoms with Crippen molar-refractivity contribution < 1.29 is 4.79 Å². The number of carbonyl (C=O) groups excluding carboxylic acids is 1. The minimum Gasteiger partial charge on any atom is -0.339 e. The lowest BCUT2D eigenvalue weighted by molar-refractivity contribution is -0.132. The second kappa shape index (κ2) is 6.99. The first-order chi connectivity index (χ1) is 11.2. The molecule has 1 aromatic carbocycles. The summed E-state index contributed by atoms with van der Waals surface area (Å²) in [7, 11) is 1.96. The zero-order valence-electron chi connectivity index (χ0n) is 14.0. The summed E-state index contributed by atoms with van der Waals surface area (Å²) in [6.07, 6.45) is 8.59. The fraction of sp³-hybridized carbons (Fsp3) is 0.474. The van der Waals surface area contributed by atoms with Crippen LogP contribution >= 0.6 is 0 Å². The van der Waals surface area contributed by atoms with Gasteiger partial charge >= 0.3 is 0 Å². The number of amides is 1. The highest BCUT2D eigenvalue weighted by atomic mass is 16.2. The Morgan fingerprint density at radius 1 is 1.39 bits per heavy atom. The Balaban J connectivity index is 1.59. The molecule has 1 amide bonds. The average molecular weight is 311 g/mol. The van der Waals surface area contributed by atoms with Gasteiger partial charge in [0.05, 0.1) is 6.04 Å². The van der Waals surface area contributed by atoms with Crippen molar-refractivity contribution in [2.45, 2.75) is 51.6 Å². The van der Waals surface area contributed by atoms with Gasteiger partial charge in [-0.2, -0.15) is 0 Å². The summed E-state index contributed by atoms with van der Waals surface area (Å²) in [6.45, 7) is 2.85.